The van der Waals surface area contributed by atoms with Crippen molar-refractivity contribution in [1.29, 1.82) is 0 Å². The van der Waals surface area contributed by atoms with Crippen molar-refractivity contribution in [2.45, 2.75) is 59.0 Å². The van der Waals surface area contributed by atoms with Crippen LogP contribution >= 0.6 is 0 Å². The van der Waals surface area contributed by atoms with Crippen LogP contribution in [0.25, 0.3) is 0 Å². The Bertz CT molecular complexity index is 145. The van der Waals surface area contributed by atoms with Crippen LogP contribution in [0.5, 0.6) is 0 Å². The van der Waals surface area contributed by atoms with Crippen molar-refractivity contribution in [2.75, 3.05) is 20.6 Å². The van der Waals surface area contributed by atoms with Gasteiger partial charge >= 0.3 is 0 Å². The predicted octanol–water partition coefficient (Wildman–Crippen LogP) is 2.74. The first-order valence-electron chi connectivity index (χ1n) is 6.44. The van der Waals surface area contributed by atoms with Crippen molar-refractivity contribution < 1.29 is 0 Å². The van der Waals surface area contributed by atoms with E-state index in [1.165, 1.54) is 25.8 Å². The first-order valence-corrected chi connectivity index (χ1v) is 6.44. The standard InChI is InChI=1S/C13H30N2/c1-7-9-12(14-5)13(8-2)15(6)10-11(3)4/h11-14H,7-10H2,1-6H3. The van der Waals surface area contributed by atoms with Crippen molar-refractivity contribution in [1.82, 2.24) is 10.2 Å². The van der Waals surface area contributed by atoms with E-state index in [1.807, 2.05) is 0 Å². The Hall–Kier alpha value is -0.0800. The van der Waals surface area contributed by atoms with Gasteiger partial charge in [-0.3, -0.25) is 0 Å². The molecule has 0 aromatic rings. The SMILES string of the molecule is CCCC(NC)C(CC)N(C)CC(C)C. The molecule has 0 fully saturated rings. The highest BCUT2D eigenvalue weighted by Gasteiger charge is 2.21. The molecule has 92 valence electrons. The minimum atomic E-state index is 0.642. The monoisotopic (exact) mass is 214 g/mol. The molecule has 0 aromatic carbocycles. The zero-order valence-electron chi connectivity index (χ0n) is 11.5. The van der Waals surface area contributed by atoms with Gasteiger partial charge in [0.1, 0.15) is 0 Å². The maximum atomic E-state index is 3.47. The van der Waals surface area contributed by atoms with Gasteiger partial charge in [0.15, 0.2) is 0 Å². The quantitative estimate of drug-likeness (QED) is 0.668. The lowest BCUT2D eigenvalue weighted by atomic mass is 9.99. The smallest absolute Gasteiger partial charge is 0.0243 e. The molecular weight excluding hydrogens is 184 g/mol. The van der Waals surface area contributed by atoms with E-state index in [0.717, 1.165) is 5.92 Å². The molecule has 0 saturated heterocycles. The Kier molecular flexibility index (Phi) is 8.07. The normalized spacial score (nSPS) is 16.0. The number of likely N-dealkylation sites (N-methyl/N-ethyl adjacent to an activating group) is 2. The molecule has 0 aliphatic carbocycles. The van der Waals surface area contributed by atoms with Gasteiger partial charge < -0.3 is 10.2 Å². The van der Waals surface area contributed by atoms with E-state index in [4.69, 9.17) is 0 Å². The van der Waals surface area contributed by atoms with Crippen LogP contribution in [0.4, 0.5) is 0 Å². The van der Waals surface area contributed by atoms with E-state index in [0.29, 0.717) is 12.1 Å². The summed E-state index contributed by atoms with van der Waals surface area (Å²) < 4.78 is 0. The third-order valence-corrected chi connectivity index (χ3v) is 3.07. The lowest BCUT2D eigenvalue weighted by Gasteiger charge is -2.35. The van der Waals surface area contributed by atoms with Gasteiger partial charge in [0.05, 0.1) is 0 Å². The van der Waals surface area contributed by atoms with Gasteiger partial charge in [0.2, 0.25) is 0 Å². The summed E-state index contributed by atoms with van der Waals surface area (Å²) in [7, 11) is 4.35. The minimum Gasteiger partial charge on any atom is -0.315 e. The molecule has 0 aliphatic rings. The van der Waals surface area contributed by atoms with Crippen LogP contribution in [0.1, 0.15) is 47.0 Å². The molecule has 0 radical (unpaired) electrons. The number of hydrogen-bond acceptors (Lipinski definition) is 2. The molecule has 15 heavy (non-hydrogen) atoms. The third kappa shape index (κ3) is 5.53. The van der Waals surface area contributed by atoms with E-state index in [2.05, 4.69) is 52.0 Å². The molecule has 1 N–H and O–H groups in total. The molecule has 0 spiro atoms. The molecule has 2 nitrogen and oxygen atoms in total. The predicted molar refractivity (Wildman–Crippen MR) is 69.3 cm³/mol. The van der Waals surface area contributed by atoms with Gasteiger partial charge in [-0.05, 0) is 32.9 Å². The summed E-state index contributed by atoms with van der Waals surface area (Å²) >= 11 is 0. The molecule has 0 amide bonds. The average molecular weight is 214 g/mol. The number of nitrogens with zero attached hydrogens (tertiary/aromatic N) is 1. The third-order valence-electron chi connectivity index (χ3n) is 3.07. The summed E-state index contributed by atoms with van der Waals surface area (Å²) in [5, 5.41) is 3.47. The molecule has 0 bridgehead atoms. The zero-order valence-corrected chi connectivity index (χ0v) is 11.5. The molecule has 0 aromatic heterocycles. The zero-order chi connectivity index (χ0) is 11.8. The van der Waals surface area contributed by atoms with Crippen LogP contribution in [0, 0.1) is 5.92 Å². The molecular formula is C13H30N2. The highest BCUT2D eigenvalue weighted by Crippen LogP contribution is 2.13. The van der Waals surface area contributed by atoms with Crippen LogP contribution in [-0.4, -0.2) is 37.6 Å². The first kappa shape index (κ1) is 14.9. The second-order valence-electron chi connectivity index (χ2n) is 4.99. The number of nitrogens with one attached hydrogen (secondary N) is 1. The van der Waals surface area contributed by atoms with Gasteiger partial charge in [-0.2, -0.15) is 0 Å². The van der Waals surface area contributed by atoms with Crippen molar-refractivity contribution >= 4 is 0 Å². The summed E-state index contributed by atoms with van der Waals surface area (Å²) in [6.07, 6.45) is 3.77. The Morgan fingerprint density at radius 2 is 1.80 bits per heavy atom. The van der Waals surface area contributed by atoms with E-state index in [-0.39, 0.29) is 0 Å². The Morgan fingerprint density at radius 3 is 2.13 bits per heavy atom. The van der Waals surface area contributed by atoms with Crippen molar-refractivity contribution in [3.05, 3.63) is 0 Å². The summed E-state index contributed by atoms with van der Waals surface area (Å²) in [6.45, 7) is 10.3. The van der Waals surface area contributed by atoms with Crippen molar-refractivity contribution in [3.8, 4) is 0 Å². The van der Waals surface area contributed by atoms with E-state index < -0.39 is 0 Å². The van der Waals surface area contributed by atoms with Crippen molar-refractivity contribution in [3.63, 3.8) is 0 Å². The van der Waals surface area contributed by atoms with Crippen LogP contribution < -0.4 is 5.32 Å². The molecule has 0 saturated carbocycles. The van der Waals surface area contributed by atoms with Gasteiger partial charge in [-0.1, -0.05) is 34.1 Å². The Labute approximate surface area is 96.4 Å². The first-order chi connectivity index (χ1) is 7.06. The summed E-state index contributed by atoms with van der Waals surface area (Å²) in [5.74, 6) is 0.753. The summed E-state index contributed by atoms with van der Waals surface area (Å²) in [6, 6.07) is 1.32. The molecule has 0 aliphatic heterocycles. The Balaban J connectivity index is 4.28. The fraction of sp³-hybridized carbons (Fsp3) is 1.00. The average Bonchev–Trinajstić information content (AvgIpc) is 2.16. The van der Waals surface area contributed by atoms with Gasteiger partial charge in [0, 0.05) is 18.6 Å². The molecule has 0 rings (SSSR count). The molecule has 0 heterocycles. The van der Waals surface area contributed by atoms with E-state index >= 15 is 0 Å². The van der Waals surface area contributed by atoms with Crippen LogP contribution in [0.2, 0.25) is 0 Å². The summed E-state index contributed by atoms with van der Waals surface area (Å²) in [4.78, 5) is 2.52. The fourth-order valence-corrected chi connectivity index (χ4v) is 2.45. The summed E-state index contributed by atoms with van der Waals surface area (Å²) in [5.41, 5.74) is 0. The molecule has 2 heteroatoms. The van der Waals surface area contributed by atoms with E-state index in [1.54, 1.807) is 0 Å². The van der Waals surface area contributed by atoms with Crippen molar-refractivity contribution in [2.24, 2.45) is 5.92 Å². The van der Waals surface area contributed by atoms with Crippen LogP contribution in [0.3, 0.4) is 0 Å². The lowest BCUT2D eigenvalue weighted by molar-refractivity contribution is 0.167. The van der Waals surface area contributed by atoms with Gasteiger partial charge in [-0.15, -0.1) is 0 Å². The van der Waals surface area contributed by atoms with Crippen LogP contribution in [-0.2, 0) is 0 Å². The number of hydrogen-bond donors (Lipinski definition) is 1. The highest BCUT2D eigenvalue weighted by atomic mass is 15.2. The topological polar surface area (TPSA) is 15.3 Å². The fourth-order valence-electron chi connectivity index (χ4n) is 2.45. The minimum absolute atomic E-state index is 0.642. The Morgan fingerprint density at radius 1 is 1.20 bits per heavy atom. The molecule has 2 unspecified atom stereocenters. The highest BCUT2D eigenvalue weighted by molar-refractivity contribution is 4.81. The maximum Gasteiger partial charge on any atom is 0.0243 e. The second-order valence-corrected chi connectivity index (χ2v) is 4.99. The van der Waals surface area contributed by atoms with Gasteiger partial charge in [0.25, 0.3) is 0 Å². The molecule has 2 atom stereocenters. The van der Waals surface area contributed by atoms with Gasteiger partial charge in [-0.25, -0.2) is 0 Å². The second kappa shape index (κ2) is 8.12. The number of rotatable bonds is 8. The van der Waals surface area contributed by atoms with Crippen LogP contribution in [0.15, 0.2) is 0 Å². The van der Waals surface area contributed by atoms with E-state index in [9.17, 15) is 0 Å². The largest absolute Gasteiger partial charge is 0.315 e. The maximum absolute atomic E-state index is 3.47. The lowest BCUT2D eigenvalue weighted by Crippen LogP contribution is -2.48.